The summed E-state index contributed by atoms with van der Waals surface area (Å²) in [4.78, 5) is 9.22. The van der Waals surface area contributed by atoms with Crippen molar-refractivity contribution in [1.82, 2.24) is 15.3 Å². The fourth-order valence-electron chi connectivity index (χ4n) is 3.76. The molecule has 2 heterocycles. The van der Waals surface area contributed by atoms with E-state index in [1.54, 1.807) is 24.6 Å². The molecule has 0 saturated heterocycles. The van der Waals surface area contributed by atoms with E-state index in [1.807, 2.05) is 6.07 Å². The fraction of sp³-hybridized carbons (Fsp3) is 0.619. The zero-order valence-corrected chi connectivity index (χ0v) is 18.5. The summed E-state index contributed by atoms with van der Waals surface area (Å²) in [6, 6.07) is 3.07. The predicted molar refractivity (Wildman–Crippen MR) is 121 cm³/mol. The highest BCUT2D eigenvalue weighted by atomic mass is 35.5. The summed E-state index contributed by atoms with van der Waals surface area (Å²) >= 11 is 8.07. The van der Waals surface area contributed by atoms with Crippen LogP contribution in [-0.2, 0) is 4.74 Å². The van der Waals surface area contributed by atoms with Crippen LogP contribution >= 0.6 is 22.9 Å². The van der Waals surface area contributed by atoms with Crippen molar-refractivity contribution in [3.05, 3.63) is 22.7 Å². The highest BCUT2D eigenvalue weighted by Gasteiger charge is 2.22. The SMILES string of the molecule is COCCNC1CCC(Nc2cc(-c3csc(NCC4CC4)n3)c(Cl)cn2)CC1. The molecule has 29 heavy (non-hydrogen) atoms. The minimum atomic E-state index is 0.447. The molecule has 2 aromatic heterocycles. The van der Waals surface area contributed by atoms with Crippen molar-refractivity contribution in [3.63, 3.8) is 0 Å². The van der Waals surface area contributed by atoms with Crippen molar-refractivity contribution in [2.45, 2.75) is 50.6 Å². The molecule has 0 aliphatic heterocycles. The van der Waals surface area contributed by atoms with E-state index in [0.717, 1.165) is 60.7 Å². The van der Waals surface area contributed by atoms with Gasteiger partial charge in [-0.2, -0.15) is 0 Å². The van der Waals surface area contributed by atoms with Gasteiger partial charge in [0.05, 0.1) is 17.3 Å². The maximum atomic E-state index is 6.44. The van der Waals surface area contributed by atoms with Crippen LogP contribution in [0.2, 0.25) is 5.02 Å². The lowest BCUT2D eigenvalue weighted by Crippen LogP contribution is -2.38. The summed E-state index contributed by atoms with van der Waals surface area (Å²) in [6.45, 7) is 2.71. The van der Waals surface area contributed by atoms with Gasteiger partial charge in [-0.05, 0) is 50.5 Å². The van der Waals surface area contributed by atoms with Gasteiger partial charge in [-0.1, -0.05) is 11.6 Å². The number of aromatic nitrogens is 2. The number of hydrogen-bond acceptors (Lipinski definition) is 7. The molecular weight excluding hydrogens is 406 g/mol. The molecule has 2 saturated carbocycles. The first-order valence-electron chi connectivity index (χ1n) is 10.6. The standard InChI is InChI=1S/C21H30ClN5OS/c1-28-9-8-23-15-4-6-16(7-5-15)26-20-10-17(18(22)12-24-20)19-13-29-21(27-19)25-11-14-2-3-14/h10,12-16,23H,2-9,11H2,1H3,(H,24,26)(H,25,27). The number of anilines is 2. The van der Waals surface area contributed by atoms with E-state index in [1.165, 1.54) is 25.7 Å². The zero-order valence-electron chi connectivity index (χ0n) is 16.9. The molecular formula is C21H30ClN5OS. The van der Waals surface area contributed by atoms with E-state index in [0.29, 0.717) is 17.1 Å². The van der Waals surface area contributed by atoms with Crippen LogP contribution in [0.15, 0.2) is 17.6 Å². The maximum Gasteiger partial charge on any atom is 0.183 e. The van der Waals surface area contributed by atoms with Crippen LogP contribution in [0.4, 0.5) is 10.9 Å². The molecule has 0 radical (unpaired) electrons. The van der Waals surface area contributed by atoms with E-state index in [4.69, 9.17) is 21.3 Å². The van der Waals surface area contributed by atoms with Crippen LogP contribution in [0.5, 0.6) is 0 Å². The van der Waals surface area contributed by atoms with Crippen LogP contribution in [0.3, 0.4) is 0 Å². The molecule has 0 atom stereocenters. The molecule has 0 unspecified atom stereocenters. The van der Waals surface area contributed by atoms with Crippen LogP contribution < -0.4 is 16.0 Å². The Morgan fingerprint density at radius 1 is 1.17 bits per heavy atom. The van der Waals surface area contributed by atoms with E-state index < -0.39 is 0 Å². The molecule has 2 fully saturated rings. The lowest BCUT2D eigenvalue weighted by molar-refractivity contribution is 0.191. The Morgan fingerprint density at radius 3 is 2.72 bits per heavy atom. The van der Waals surface area contributed by atoms with Gasteiger partial charge >= 0.3 is 0 Å². The fourth-order valence-corrected chi connectivity index (χ4v) is 4.68. The number of pyridine rings is 1. The lowest BCUT2D eigenvalue weighted by Gasteiger charge is -2.30. The molecule has 0 spiro atoms. The van der Waals surface area contributed by atoms with Crippen molar-refractivity contribution in [3.8, 4) is 11.3 Å². The van der Waals surface area contributed by atoms with Gasteiger partial charge in [0.1, 0.15) is 5.82 Å². The first-order chi connectivity index (χ1) is 14.2. The topological polar surface area (TPSA) is 71.1 Å². The molecule has 4 rings (SSSR count). The predicted octanol–water partition coefficient (Wildman–Crippen LogP) is 4.64. The number of hydrogen-bond donors (Lipinski definition) is 3. The second-order valence-corrected chi connectivity index (χ2v) is 9.32. The number of nitrogens with zero attached hydrogens (tertiary/aromatic N) is 2. The largest absolute Gasteiger partial charge is 0.383 e. The van der Waals surface area contributed by atoms with Crippen molar-refractivity contribution in [2.24, 2.45) is 5.92 Å². The Morgan fingerprint density at radius 2 is 1.97 bits per heavy atom. The number of ether oxygens (including phenoxy) is 1. The minimum absolute atomic E-state index is 0.447. The number of rotatable bonds is 10. The molecule has 2 aliphatic rings. The molecule has 0 amide bonds. The molecule has 0 aromatic carbocycles. The highest BCUT2D eigenvalue weighted by molar-refractivity contribution is 7.14. The smallest absolute Gasteiger partial charge is 0.183 e. The van der Waals surface area contributed by atoms with Gasteiger partial charge in [0.25, 0.3) is 0 Å². The molecule has 6 nitrogen and oxygen atoms in total. The normalized spacial score (nSPS) is 21.9. The summed E-state index contributed by atoms with van der Waals surface area (Å²) in [5.41, 5.74) is 1.85. The Hall–Kier alpha value is -1.41. The molecule has 8 heteroatoms. The summed E-state index contributed by atoms with van der Waals surface area (Å²) < 4.78 is 5.12. The van der Waals surface area contributed by atoms with Crippen molar-refractivity contribution < 1.29 is 4.74 Å². The Kier molecular flexibility index (Phi) is 7.24. The maximum absolute atomic E-state index is 6.44. The van der Waals surface area contributed by atoms with Gasteiger partial charge in [0, 0.05) is 49.4 Å². The van der Waals surface area contributed by atoms with Gasteiger partial charge in [-0.3, -0.25) is 0 Å². The lowest BCUT2D eigenvalue weighted by atomic mass is 9.91. The Balaban J connectivity index is 1.32. The Labute approximate surface area is 181 Å². The first-order valence-corrected chi connectivity index (χ1v) is 11.8. The van der Waals surface area contributed by atoms with Crippen molar-refractivity contribution in [2.75, 3.05) is 37.4 Å². The number of nitrogens with one attached hydrogen (secondary N) is 3. The second kappa shape index (κ2) is 10.1. The summed E-state index contributed by atoms with van der Waals surface area (Å²) in [6.07, 6.45) is 9.01. The number of thiazole rings is 1. The molecule has 2 aromatic rings. The number of halogens is 1. The third kappa shape index (κ3) is 6.04. The molecule has 3 N–H and O–H groups in total. The van der Waals surface area contributed by atoms with Crippen LogP contribution in [0.1, 0.15) is 38.5 Å². The van der Waals surface area contributed by atoms with Crippen LogP contribution in [-0.4, -0.2) is 48.9 Å². The zero-order chi connectivity index (χ0) is 20.1. The van der Waals surface area contributed by atoms with Crippen molar-refractivity contribution >= 4 is 33.9 Å². The molecule has 0 bridgehead atoms. The van der Waals surface area contributed by atoms with Crippen LogP contribution in [0.25, 0.3) is 11.3 Å². The third-order valence-corrected chi connectivity index (χ3v) is 6.79. The average Bonchev–Trinajstić information content (AvgIpc) is 3.45. The third-order valence-electron chi connectivity index (χ3n) is 5.69. The van der Waals surface area contributed by atoms with E-state index in [2.05, 4.69) is 26.3 Å². The van der Waals surface area contributed by atoms with Gasteiger partial charge in [0.2, 0.25) is 0 Å². The Bertz CT molecular complexity index is 789. The summed E-state index contributed by atoms with van der Waals surface area (Å²) in [5, 5.41) is 14.3. The van der Waals surface area contributed by atoms with Gasteiger partial charge in [-0.15, -0.1) is 11.3 Å². The molecule has 158 valence electrons. The average molecular weight is 436 g/mol. The van der Waals surface area contributed by atoms with E-state index in [-0.39, 0.29) is 0 Å². The van der Waals surface area contributed by atoms with E-state index >= 15 is 0 Å². The highest BCUT2D eigenvalue weighted by Crippen LogP contribution is 2.34. The quantitative estimate of drug-likeness (QED) is 0.472. The second-order valence-electron chi connectivity index (χ2n) is 8.05. The van der Waals surface area contributed by atoms with Crippen LogP contribution in [0, 0.1) is 5.92 Å². The van der Waals surface area contributed by atoms with E-state index in [9.17, 15) is 0 Å². The number of methoxy groups -OCH3 is 1. The van der Waals surface area contributed by atoms with Gasteiger partial charge < -0.3 is 20.7 Å². The summed E-state index contributed by atoms with van der Waals surface area (Å²) in [7, 11) is 1.74. The van der Waals surface area contributed by atoms with Crippen molar-refractivity contribution in [1.29, 1.82) is 0 Å². The molecule has 2 aliphatic carbocycles. The van der Waals surface area contributed by atoms with Gasteiger partial charge in [0.15, 0.2) is 5.13 Å². The summed E-state index contributed by atoms with van der Waals surface area (Å²) in [5.74, 6) is 1.70. The minimum Gasteiger partial charge on any atom is -0.383 e. The van der Waals surface area contributed by atoms with Gasteiger partial charge in [-0.25, -0.2) is 9.97 Å². The first kappa shape index (κ1) is 20.8. The monoisotopic (exact) mass is 435 g/mol.